The highest BCUT2D eigenvalue weighted by Gasteiger charge is 1.92. The molecule has 1 N–H and O–H groups in total. The SMILES string of the molecule is C#CCCO/N=C\C(=C=NOCC#C)NOCC#CC. The molecule has 6 heteroatoms. The summed E-state index contributed by atoms with van der Waals surface area (Å²) in [5, 5.41) is 7.14. The maximum atomic E-state index is 5.07. The van der Waals surface area contributed by atoms with Crippen LogP contribution in [0.5, 0.6) is 0 Å². The summed E-state index contributed by atoms with van der Waals surface area (Å²) in [4.78, 5) is 14.6. The van der Waals surface area contributed by atoms with Crippen molar-refractivity contribution in [2.24, 2.45) is 10.3 Å². The number of nitrogens with one attached hydrogen (secondary N) is 1. The fourth-order valence-electron chi connectivity index (χ4n) is 0.698. The molecule has 20 heavy (non-hydrogen) atoms. The van der Waals surface area contributed by atoms with Crippen LogP contribution in [0.15, 0.2) is 16.0 Å². The molecule has 0 unspecified atom stereocenters. The van der Waals surface area contributed by atoms with E-state index in [0.717, 1.165) is 0 Å². The van der Waals surface area contributed by atoms with E-state index in [1.165, 1.54) is 6.21 Å². The number of rotatable bonds is 9. The van der Waals surface area contributed by atoms with Crippen LogP contribution < -0.4 is 5.48 Å². The monoisotopic (exact) mass is 273 g/mol. The number of terminal acetylenes is 2. The van der Waals surface area contributed by atoms with Crippen LogP contribution in [0.1, 0.15) is 13.3 Å². The Morgan fingerprint density at radius 2 is 2.10 bits per heavy atom. The van der Waals surface area contributed by atoms with E-state index in [-0.39, 0.29) is 18.9 Å². The van der Waals surface area contributed by atoms with Gasteiger partial charge in [0.1, 0.15) is 25.1 Å². The number of nitrogens with zero attached hydrogens (tertiary/aromatic N) is 2. The average Bonchev–Trinajstić information content (AvgIpc) is 2.47. The normalized spacial score (nSPS) is 8.35. The predicted octanol–water partition coefficient (Wildman–Crippen LogP) is 0.675. The molecule has 0 bridgehead atoms. The smallest absolute Gasteiger partial charge is 0.177 e. The van der Waals surface area contributed by atoms with Crippen LogP contribution in [0.2, 0.25) is 0 Å². The molecule has 0 radical (unpaired) electrons. The van der Waals surface area contributed by atoms with Crippen molar-refractivity contribution in [2.75, 3.05) is 19.8 Å². The summed E-state index contributed by atoms with van der Waals surface area (Å²) in [6, 6.07) is 0. The van der Waals surface area contributed by atoms with E-state index in [9.17, 15) is 0 Å². The highest BCUT2D eigenvalue weighted by Crippen LogP contribution is 1.84. The van der Waals surface area contributed by atoms with Gasteiger partial charge in [-0.2, -0.15) is 0 Å². The fourth-order valence-corrected chi connectivity index (χ4v) is 0.698. The second-order valence-corrected chi connectivity index (χ2v) is 2.93. The number of oxime groups is 1. The van der Waals surface area contributed by atoms with E-state index in [4.69, 9.17) is 27.4 Å². The first-order chi connectivity index (χ1) is 9.85. The fraction of sp³-hybridized carbons (Fsp3) is 0.357. The zero-order valence-electron chi connectivity index (χ0n) is 11.2. The van der Waals surface area contributed by atoms with E-state index in [2.05, 4.69) is 45.3 Å². The molecule has 0 amide bonds. The standard InChI is InChI=1S/C14H15N3O3/c1-4-7-10-19-16-13-14(12-15-18-9-6-3)17-20-11-8-5-2/h1,3,13,17H,7,9-11H2,2H3/b16-13-. The third-order valence-electron chi connectivity index (χ3n) is 1.48. The topological polar surface area (TPSA) is 64.4 Å². The summed E-state index contributed by atoms with van der Waals surface area (Å²) >= 11 is 0. The highest BCUT2D eigenvalue weighted by molar-refractivity contribution is 5.88. The van der Waals surface area contributed by atoms with Gasteiger partial charge in [-0.3, -0.25) is 10.3 Å². The van der Waals surface area contributed by atoms with E-state index >= 15 is 0 Å². The van der Waals surface area contributed by atoms with Gasteiger partial charge in [-0.1, -0.05) is 17.0 Å². The molecule has 0 aromatic carbocycles. The zero-order chi connectivity index (χ0) is 14.9. The quantitative estimate of drug-likeness (QED) is 0.290. The number of hydrogen-bond acceptors (Lipinski definition) is 6. The van der Waals surface area contributed by atoms with Crippen molar-refractivity contribution in [1.82, 2.24) is 5.48 Å². The molecule has 0 atom stereocenters. The number of hydroxylamine groups is 1. The minimum absolute atomic E-state index is 0.0399. The van der Waals surface area contributed by atoms with E-state index in [1.54, 1.807) is 6.92 Å². The second-order valence-electron chi connectivity index (χ2n) is 2.93. The Balaban J connectivity index is 4.37. The molecule has 104 valence electrons. The molecule has 0 heterocycles. The van der Waals surface area contributed by atoms with Gasteiger partial charge in [0.25, 0.3) is 0 Å². The number of hydrogen-bond donors (Lipinski definition) is 1. The molecule has 0 fully saturated rings. The Morgan fingerprint density at radius 3 is 2.80 bits per heavy atom. The Labute approximate surface area is 118 Å². The van der Waals surface area contributed by atoms with Crippen molar-refractivity contribution in [1.29, 1.82) is 0 Å². The average molecular weight is 273 g/mol. The predicted molar refractivity (Wildman–Crippen MR) is 76.2 cm³/mol. The van der Waals surface area contributed by atoms with Crippen molar-refractivity contribution in [3.63, 3.8) is 0 Å². The maximum Gasteiger partial charge on any atom is 0.177 e. The van der Waals surface area contributed by atoms with Gasteiger partial charge in [0.15, 0.2) is 6.61 Å². The van der Waals surface area contributed by atoms with E-state index < -0.39 is 0 Å². The van der Waals surface area contributed by atoms with Gasteiger partial charge >= 0.3 is 0 Å². The summed E-state index contributed by atoms with van der Waals surface area (Å²) in [6.45, 7) is 2.25. The van der Waals surface area contributed by atoms with Gasteiger partial charge in [0, 0.05) is 6.42 Å². The summed E-state index contributed by atoms with van der Waals surface area (Å²) < 4.78 is 0. The van der Waals surface area contributed by atoms with Crippen molar-refractivity contribution in [2.45, 2.75) is 13.3 Å². The largest absolute Gasteiger partial charge is 0.395 e. The van der Waals surface area contributed by atoms with Crippen LogP contribution >= 0.6 is 0 Å². The maximum absolute atomic E-state index is 5.07. The summed E-state index contributed by atoms with van der Waals surface area (Å²) in [6.07, 6.45) is 11.8. The third-order valence-corrected chi connectivity index (χ3v) is 1.48. The van der Waals surface area contributed by atoms with E-state index in [0.29, 0.717) is 13.0 Å². The summed E-state index contributed by atoms with van der Waals surface area (Å²) in [5.41, 5.74) is 2.81. The van der Waals surface area contributed by atoms with Crippen LogP contribution in [0.3, 0.4) is 0 Å². The van der Waals surface area contributed by atoms with Crippen LogP contribution in [0.4, 0.5) is 0 Å². The molecule has 0 aromatic heterocycles. The zero-order valence-corrected chi connectivity index (χ0v) is 11.2. The molecule has 6 nitrogen and oxygen atoms in total. The molecule has 0 spiro atoms. The molecule has 0 aromatic rings. The van der Waals surface area contributed by atoms with Crippen LogP contribution in [-0.4, -0.2) is 31.9 Å². The van der Waals surface area contributed by atoms with Crippen molar-refractivity contribution < 1.29 is 14.5 Å². The van der Waals surface area contributed by atoms with Crippen molar-refractivity contribution >= 4 is 12.1 Å². The molecule has 0 saturated heterocycles. The Bertz CT molecular complexity index is 494. The molecule has 0 aliphatic carbocycles. The molecular formula is C14H15N3O3. The lowest BCUT2D eigenvalue weighted by molar-refractivity contribution is 0.0950. The van der Waals surface area contributed by atoms with Crippen LogP contribution in [0, 0.1) is 36.5 Å². The lowest BCUT2D eigenvalue weighted by atomic mass is 10.5. The molecule has 0 aliphatic heterocycles. The Kier molecular flexibility index (Phi) is 12.2. The van der Waals surface area contributed by atoms with Gasteiger partial charge in [0.2, 0.25) is 0 Å². The lowest BCUT2D eigenvalue weighted by Crippen LogP contribution is -2.16. The van der Waals surface area contributed by atoms with Crippen LogP contribution in [0.25, 0.3) is 0 Å². The van der Waals surface area contributed by atoms with Crippen LogP contribution in [-0.2, 0) is 14.5 Å². The molecule has 0 aliphatic rings. The van der Waals surface area contributed by atoms with Gasteiger partial charge in [-0.25, -0.2) is 0 Å². The molecule has 0 rings (SSSR count). The minimum Gasteiger partial charge on any atom is -0.395 e. The van der Waals surface area contributed by atoms with Gasteiger partial charge in [-0.05, 0) is 12.1 Å². The second kappa shape index (κ2) is 14.2. The van der Waals surface area contributed by atoms with Gasteiger partial charge < -0.3 is 9.68 Å². The Hall–Kier alpha value is -2.84. The van der Waals surface area contributed by atoms with E-state index in [1.807, 2.05) is 0 Å². The summed E-state index contributed by atoms with van der Waals surface area (Å²) in [7, 11) is 0. The minimum atomic E-state index is 0.0399. The first-order valence-electron chi connectivity index (χ1n) is 5.59. The third kappa shape index (κ3) is 11.6. The highest BCUT2D eigenvalue weighted by atomic mass is 16.6. The van der Waals surface area contributed by atoms with Gasteiger partial charge in [0.05, 0.1) is 5.87 Å². The van der Waals surface area contributed by atoms with Gasteiger partial charge in [-0.15, -0.1) is 24.7 Å². The summed E-state index contributed by atoms with van der Waals surface area (Å²) in [5.74, 6) is 12.5. The van der Waals surface area contributed by atoms with Crippen molar-refractivity contribution in [3.05, 3.63) is 5.70 Å². The first kappa shape index (κ1) is 17.2. The molecule has 0 saturated carbocycles. The Morgan fingerprint density at radius 1 is 1.25 bits per heavy atom. The molecular weight excluding hydrogens is 258 g/mol. The number of allylic oxidation sites excluding steroid dienone is 1. The lowest BCUT2D eigenvalue weighted by Gasteiger charge is -2.01. The van der Waals surface area contributed by atoms with Crippen molar-refractivity contribution in [3.8, 4) is 36.5 Å². The first-order valence-corrected chi connectivity index (χ1v) is 5.59.